The Hall–Kier alpha value is -0.870. The van der Waals surface area contributed by atoms with Crippen LogP contribution in [0.15, 0.2) is 12.4 Å². The molecule has 0 saturated carbocycles. The lowest BCUT2D eigenvalue weighted by Crippen LogP contribution is -2.40. The van der Waals surface area contributed by atoms with Crippen molar-refractivity contribution >= 4 is 0 Å². The van der Waals surface area contributed by atoms with Gasteiger partial charge in [0.05, 0.1) is 6.20 Å². The smallest absolute Gasteiger partial charge is 0.0537 e. The van der Waals surface area contributed by atoms with Crippen molar-refractivity contribution in [1.29, 1.82) is 0 Å². The molecule has 2 rings (SSSR count). The minimum absolute atomic E-state index is 0.0879. The highest BCUT2D eigenvalue weighted by atomic mass is 15.2. The number of likely N-dealkylation sites (tertiary alicyclic amines) is 1. The summed E-state index contributed by atoms with van der Waals surface area (Å²) >= 11 is 0. The van der Waals surface area contributed by atoms with Gasteiger partial charge in [0, 0.05) is 31.4 Å². The molecule has 0 aliphatic carbocycles. The van der Waals surface area contributed by atoms with Crippen molar-refractivity contribution < 1.29 is 0 Å². The average molecular weight is 236 g/mol. The largest absolute Gasteiger partial charge is 0.323 e. The highest BCUT2D eigenvalue weighted by molar-refractivity contribution is 5.10. The van der Waals surface area contributed by atoms with Gasteiger partial charge < -0.3 is 10.6 Å². The van der Waals surface area contributed by atoms with Crippen LogP contribution in [0.3, 0.4) is 0 Å². The molecule has 17 heavy (non-hydrogen) atoms. The summed E-state index contributed by atoms with van der Waals surface area (Å²) in [5.41, 5.74) is 7.86. The predicted octanol–water partition coefficient (Wildman–Crippen LogP) is 1.54. The summed E-state index contributed by atoms with van der Waals surface area (Å²) in [6.07, 6.45) is 6.43. The summed E-state index contributed by atoms with van der Waals surface area (Å²) in [7, 11) is 1.93. The van der Waals surface area contributed by atoms with E-state index in [2.05, 4.69) is 23.8 Å². The molecule has 4 heteroatoms. The molecule has 1 aliphatic rings. The highest BCUT2D eigenvalue weighted by Gasteiger charge is 2.26. The molecular formula is C13H24N4. The van der Waals surface area contributed by atoms with E-state index < -0.39 is 0 Å². The molecule has 1 aliphatic heterocycles. The molecule has 0 spiro atoms. The fourth-order valence-corrected chi connectivity index (χ4v) is 2.36. The minimum Gasteiger partial charge on any atom is -0.323 e. The zero-order valence-electron chi connectivity index (χ0n) is 11.2. The Bertz CT molecular complexity index is 359. The van der Waals surface area contributed by atoms with Crippen molar-refractivity contribution in [1.82, 2.24) is 14.7 Å². The molecular weight excluding hydrogens is 212 g/mol. The first-order valence-electron chi connectivity index (χ1n) is 6.43. The number of aryl methyl sites for hydroxylation is 1. The van der Waals surface area contributed by atoms with Crippen molar-refractivity contribution in [2.24, 2.45) is 18.2 Å². The first-order valence-corrected chi connectivity index (χ1v) is 6.43. The first-order chi connectivity index (χ1) is 7.96. The number of hydrogen-bond acceptors (Lipinski definition) is 3. The van der Waals surface area contributed by atoms with Crippen molar-refractivity contribution in [2.75, 3.05) is 19.6 Å². The second kappa shape index (κ2) is 4.78. The maximum absolute atomic E-state index is 6.21. The third-order valence-corrected chi connectivity index (χ3v) is 3.82. The number of nitrogens with zero attached hydrogens (tertiary/aromatic N) is 3. The van der Waals surface area contributed by atoms with E-state index in [0.29, 0.717) is 5.41 Å². The zero-order valence-corrected chi connectivity index (χ0v) is 11.2. The molecule has 0 radical (unpaired) electrons. The van der Waals surface area contributed by atoms with Crippen LogP contribution in [0.5, 0.6) is 0 Å². The molecule has 0 aromatic carbocycles. The Morgan fingerprint density at radius 3 is 2.59 bits per heavy atom. The normalized spacial score (nSPS) is 22.6. The SMILES string of the molecule is Cn1cc(C(N)CN2CCC(C)(C)CC2)cn1. The number of hydrogen-bond donors (Lipinski definition) is 1. The molecule has 1 fully saturated rings. The van der Waals surface area contributed by atoms with E-state index in [4.69, 9.17) is 5.73 Å². The van der Waals surface area contributed by atoms with E-state index in [1.165, 1.54) is 25.9 Å². The van der Waals surface area contributed by atoms with Crippen LogP contribution in [0.2, 0.25) is 0 Å². The van der Waals surface area contributed by atoms with Crippen LogP contribution in [0, 0.1) is 5.41 Å². The first kappa shape index (κ1) is 12.6. The average Bonchev–Trinajstić information content (AvgIpc) is 2.68. The Morgan fingerprint density at radius 2 is 2.06 bits per heavy atom. The number of aromatic nitrogens is 2. The van der Waals surface area contributed by atoms with E-state index in [0.717, 1.165) is 12.1 Å². The van der Waals surface area contributed by atoms with Gasteiger partial charge in [-0.2, -0.15) is 5.10 Å². The summed E-state index contributed by atoms with van der Waals surface area (Å²) in [5.74, 6) is 0. The van der Waals surface area contributed by atoms with Crippen LogP contribution in [0.25, 0.3) is 0 Å². The van der Waals surface area contributed by atoms with Crippen LogP contribution in [-0.2, 0) is 7.05 Å². The Morgan fingerprint density at radius 1 is 1.41 bits per heavy atom. The van der Waals surface area contributed by atoms with Crippen LogP contribution in [0.4, 0.5) is 0 Å². The van der Waals surface area contributed by atoms with Gasteiger partial charge in [0.25, 0.3) is 0 Å². The number of piperidine rings is 1. The van der Waals surface area contributed by atoms with E-state index in [1.54, 1.807) is 0 Å². The lowest BCUT2D eigenvalue weighted by molar-refractivity contribution is 0.127. The van der Waals surface area contributed by atoms with E-state index in [9.17, 15) is 0 Å². The maximum Gasteiger partial charge on any atom is 0.0537 e. The van der Waals surface area contributed by atoms with Crippen molar-refractivity contribution in [3.8, 4) is 0 Å². The fraction of sp³-hybridized carbons (Fsp3) is 0.769. The second-order valence-corrected chi connectivity index (χ2v) is 6.02. The Balaban J connectivity index is 1.86. The van der Waals surface area contributed by atoms with Crippen LogP contribution in [-0.4, -0.2) is 34.3 Å². The van der Waals surface area contributed by atoms with Crippen LogP contribution < -0.4 is 5.73 Å². The van der Waals surface area contributed by atoms with Crippen LogP contribution >= 0.6 is 0 Å². The summed E-state index contributed by atoms with van der Waals surface area (Å²) in [4.78, 5) is 2.48. The molecule has 1 aromatic heterocycles. The zero-order chi connectivity index (χ0) is 12.5. The van der Waals surface area contributed by atoms with Gasteiger partial charge in [0.1, 0.15) is 0 Å². The molecule has 96 valence electrons. The molecule has 1 aromatic rings. The maximum atomic E-state index is 6.21. The summed E-state index contributed by atoms with van der Waals surface area (Å²) in [6, 6.07) is 0.0879. The highest BCUT2D eigenvalue weighted by Crippen LogP contribution is 2.30. The van der Waals surface area contributed by atoms with E-state index in [1.807, 2.05) is 24.1 Å². The predicted molar refractivity (Wildman–Crippen MR) is 69.6 cm³/mol. The summed E-state index contributed by atoms with van der Waals surface area (Å²) in [6.45, 7) is 7.99. The van der Waals surface area contributed by atoms with Gasteiger partial charge in [-0.15, -0.1) is 0 Å². The third-order valence-electron chi connectivity index (χ3n) is 3.82. The molecule has 1 saturated heterocycles. The van der Waals surface area contributed by atoms with Gasteiger partial charge in [0.2, 0.25) is 0 Å². The Labute approximate surface area is 104 Å². The number of nitrogens with two attached hydrogens (primary N) is 1. The van der Waals surface area contributed by atoms with Gasteiger partial charge in [-0.25, -0.2) is 0 Å². The van der Waals surface area contributed by atoms with Gasteiger partial charge in [-0.05, 0) is 31.3 Å². The number of rotatable bonds is 3. The summed E-state index contributed by atoms with van der Waals surface area (Å²) < 4.78 is 1.81. The quantitative estimate of drug-likeness (QED) is 0.866. The van der Waals surface area contributed by atoms with E-state index >= 15 is 0 Å². The molecule has 2 N–H and O–H groups in total. The molecule has 1 atom stereocenters. The second-order valence-electron chi connectivity index (χ2n) is 6.02. The monoisotopic (exact) mass is 236 g/mol. The van der Waals surface area contributed by atoms with Crippen molar-refractivity contribution in [2.45, 2.75) is 32.7 Å². The van der Waals surface area contributed by atoms with Gasteiger partial charge >= 0.3 is 0 Å². The van der Waals surface area contributed by atoms with Gasteiger partial charge in [-0.1, -0.05) is 13.8 Å². The summed E-state index contributed by atoms with van der Waals surface area (Å²) in [5, 5.41) is 4.17. The standard InChI is InChI=1S/C13H24N4/c1-13(2)4-6-17(7-5-13)10-12(14)11-8-15-16(3)9-11/h8-9,12H,4-7,10,14H2,1-3H3. The molecule has 0 bridgehead atoms. The Kier molecular flexibility index (Phi) is 3.54. The minimum atomic E-state index is 0.0879. The lowest BCUT2D eigenvalue weighted by Gasteiger charge is -2.37. The lowest BCUT2D eigenvalue weighted by atomic mass is 9.82. The third kappa shape index (κ3) is 3.30. The van der Waals surface area contributed by atoms with E-state index in [-0.39, 0.29) is 6.04 Å². The van der Waals surface area contributed by atoms with Crippen molar-refractivity contribution in [3.63, 3.8) is 0 Å². The molecule has 4 nitrogen and oxygen atoms in total. The van der Waals surface area contributed by atoms with Gasteiger partial charge in [-0.3, -0.25) is 4.68 Å². The molecule has 0 amide bonds. The van der Waals surface area contributed by atoms with Crippen LogP contribution in [0.1, 0.15) is 38.3 Å². The van der Waals surface area contributed by atoms with Crippen molar-refractivity contribution in [3.05, 3.63) is 18.0 Å². The van der Waals surface area contributed by atoms with Gasteiger partial charge in [0.15, 0.2) is 0 Å². The molecule has 1 unspecified atom stereocenters. The molecule has 2 heterocycles. The topological polar surface area (TPSA) is 47.1 Å². The fourth-order valence-electron chi connectivity index (χ4n) is 2.36.